The normalized spacial score (nSPS) is 11.5. The molecule has 5 nitrogen and oxygen atoms in total. The quantitative estimate of drug-likeness (QED) is 0.679. The molecule has 22 heavy (non-hydrogen) atoms. The van der Waals surface area contributed by atoms with Crippen LogP contribution in [-0.4, -0.2) is 41.1 Å². The van der Waals surface area contributed by atoms with Crippen molar-refractivity contribution < 1.29 is 4.39 Å². The topological polar surface area (TPSA) is 45.5 Å². The van der Waals surface area contributed by atoms with E-state index < -0.39 is 0 Å². The fourth-order valence-electron chi connectivity index (χ4n) is 2.25. The Bertz CT molecular complexity index is 618. The number of aromatic nitrogens is 2. The van der Waals surface area contributed by atoms with Crippen molar-refractivity contribution in [1.29, 1.82) is 0 Å². The molecule has 0 saturated carbocycles. The van der Waals surface area contributed by atoms with E-state index in [1.54, 1.807) is 25.4 Å². The van der Waals surface area contributed by atoms with Crippen LogP contribution in [0.3, 0.4) is 0 Å². The molecule has 0 amide bonds. The summed E-state index contributed by atoms with van der Waals surface area (Å²) in [5.41, 5.74) is 1.04. The molecule has 1 heterocycles. The fourth-order valence-corrected chi connectivity index (χ4v) is 2.25. The van der Waals surface area contributed by atoms with E-state index in [4.69, 9.17) is 0 Å². The molecule has 0 aliphatic rings. The number of rotatable bonds is 5. The van der Waals surface area contributed by atoms with Crippen LogP contribution in [0.1, 0.15) is 11.4 Å². The molecule has 0 saturated heterocycles. The number of nitrogens with zero attached hydrogens (tertiary/aromatic N) is 4. The van der Waals surface area contributed by atoms with Crippen LogP contribution in [0.4, 0.5) is 4.39 Å². The first-order valence-electron chi connectivity index (χ1n) is 7.24. The van der Waals surface area contributed by atoms with Gasteiger partial charge in [0.2, 0.25) is 0 Å². The van der Waals surface area contributed by atoms with Gasteiger partial charge in [-0.05, 0) is 24.6 Å². The van der Waals surface area contributed by atoms with Crippen molar-refractivity contribution in [2.45, 2.75) is 20.0 Å². The minimum absolute atomic E-state index is 0.218. The van der Waals surface area contributed by atoms with E-state index in [9.17, 15) is 4.39 Å². The summed E-state index contributed by atoms with van der Waals surface area (Å²) in [5.74, 6) is 1.59. The highest BCUT2D eigenvalue weighted by atomic mass is 19.1. The molecule has 0 radical (unpaired) electrons. The van der Waals surface area contributed by atoms with E-state index in [1.165, 1.54) is 12.1 Å². The Labute approximate surface area is 130 Å². The van der Waals surface area contributed by atoms with Crippen LogP contribution in [0.5, 0.6) is 0 Å². The van der Waals surface area contributed by atoms with E-state index >= 15 is 0 Å². The number of hydrogen-bond donors (Lipinski definition) is 1. The average Bonchev–Trinajstić information content (AvgIpc) is 2.91. The SMILES string of the molecule is CN=C(NCCn1ccnc1C)N(C)Cc1ccc(F)cc1. The highest BCUT2D eigenvalue weighted by Crippen LogP contribution is 2.05. The lowest BCUT2D eigenvalue weighted by Crippen LogP contribution is -2.39. The van der Waals surface area contributed by atoms with Crippen molar-refractivity contribution in [2.75, 3.05) is 20.6 Å². The number of benzene rings is 1. The molecule has 1 aromatic heterocycles. The van der Waals surface area contributed by atoms with Gasteiger partial charge in [0.05, 0.1) is 0 Å². The van der Waals surface area contributed by atoms with E-state index in [0.29, 0.717) is 6.54 Å². The summed E-state index contributed by atoms with van der Waals surface area (Å²) in [6.45, 7) is 4.24. The Hall–Kier alpha value is -2.37. The highest BCUT2D eigenvalue weighted by Gasteiger charge is 2.06. The van der Waals surface area contributed by atoms with Crippen LogP contribution in [0.2, 0.25) is 0 Å². The number of nitrogens with one attached hydrogen (secondary N) is 1. The summed E-state index contributed by atoms with van der Waals surface area (Å²) in [4.78, 5) is 10.5. The lowest BCUT2D eigenvalue weighted by Gasteiger charge is -2.22. The molecule has 0 aliphatic carbocycles. The van der Waals surface area contributed by atoms with Gasteiger partial charge in [-0.15, -0.1) is 0 Å². The molecule has 2 aromatic rings. The number of hydrogen-bond acceptors (Lipinski definition) is 2. The molecule has 0 bridgehead atoms. The molecule has 0 atom stereocenters. The van der Waals surface area contributed by atoms with Gasteiger partial charge in [-0.2, -0.15) is 0 Å². The molecular formula is C16H22FN5. The Morgan fingerprint density at radius 1 is 1.36 bits per heavy atom. The van der Waals surface area contributed by atoms with Crippen molar-refractivity contribution >= 4 is 5.96 Å². The van der Waals surface area contributed by atoms with Gasteiger partial charge in [0, 0.05) is 46.1 Å². The largest absolute Gasteiger partial charge is 0.354 e. The van der Waals surface area contributed by atoms with Crippen molar-refractivity contribution in [3.05, 3.63) is 53.9 Å². The molecule has 1 N–H and O–H groups in total. The summed E-state index contributed by atoms with van der Waals surface area (Å²) >= 11 is 0. The predicted molar refractivity (Wildman–Crippen MR) is 86.2 cm³/mol. The van der Waals surface area contributed by atoms with Crippen molar-refractivity contribution in [3.8, 4) is 0 Å². The maximum absolute atomic E-state index is 12.9. The lowest BCUT2D eigenvalue weighted by molar-refractivity contribution is 0.472. The zero-order chi connectivity index (χ0) is 15.9. The van der Waals surface area contributed by atoms with Crippen molar-refractivity contribution in [3.63, 3.8) is 0 Å². The maximum Gasteiger partial charge on any atom is 0.193 e. The summed E-state index contributed by atoms with van der Waals surface area (Å²) in [5, 5.41) is 3.32. The summed E-state index contributed by atoms with van der Waals surface area (Å²) in [6.07, 6.45) is 3.76. The fraction of sp³-hybridized carbons (Fsp3) is 0.375. The third-order valence-electron chi connectivity index (χ3n) is 3.47. The van der Waals surface area contributed by atoms with E-state index in [2.05, 4.69) is 19.9 Å². The number of aryl methyl sites for hydroxylation is 1. The smallest absolute Gasteiger partial charge is 0.193 e. The van der Waals surface area contributed by atoms with Crippen LogP contribution >= 0.6 is 0 Å². The second-order valence-electron chi connectivity index (χ2n) is 5.12. The third-order valence-corrected chi connectivity index (χ3v) is 3.47. The Balaban J connectivity index is 1.85. The Morgan fingerprint density at radius 3 is 2.68 bits per heavy atom. The Kier molecular flexibility index (Phi) is 5.52. The second-order valence-corrected chi connectivity index (χ2v) is 5.12. The number of guanidine groups is 1. The molecule has 0 spiro atoms. The van der Waals surface area contributed by atoms with Gasteiger partial charge in [0.15, 0.2) is 5.96 Å². The molecule has 6 heteroatoms. The van der Waals surface area contributed by atoms with Crippen molar-refractivity contribution in [1.82, 2.24) is 19.8 Å². The standard InChI is InChI=1S/C16H22FN5/c1-13-19-8-10-22(13)11-9-20-16(18-2)21(3)12-14-4-6-15(17)7-5-14/h4-8,10H,9,11-12H2,1-3H3,(H,18,20). The summed E-state index contributed by atoms with van der Waals surface area (Å²) in [6, 6.07) is 6.52. The van der Waals surface area contributed by atoms with E-state index in [1.807, 2.05) is 25.1 Å². The van der Waals surface area contributed by atoms with Gasteiger partial charge in [-0.1, -0.05) is 12.1 Å². The highest BCUT2D eigenvalue weighted by molar-refractivity contribution is 5.79. The van der Waals surface area contributed by atoms with Crippen LogP contribution in [0.25, 0.3) is 0 Å². The van der Waals surface area contributed by atoms with Crippen molar-refractivity contribution in [2.24, 2.45) is 4.99 Å². The van der Waals surface area contributed by atoms with Crippen LogP contribution in [0, 0.1) is 12.7 Å². The first kappa shape index (κ1) is 16.0. The average molecular weight is 303 g/mol. The van der Waals surface area contributed by atoms with Crippen LogP contribution in [-0.2, 0) is 13.1 Å². The van der Waals surface area contributed by atoms with Gasteiger partial charge in [0.25, 0.3) is 0 Å². The zero-order valence-electron chi connectivity index (χ0n) is 13.3. The predicted octanol–water partition coefficient (Wildman–Crippen LogP) is 2.04. The third kappa shape index (κ3) is 4.31. The molecule has 0 unspecified atom stereocenters. The second kappa shape index (κ2) is 7.59. The van der Waals surface area contributed by atoms with Gasteiger partial charge < -0.3 is 14.8 Å². The number of aliphatic imine (C=N–C) groups is 1. The van der Waals surface area contributed by atoms with Crippen LogP contribution < -0.4 is 5.32 Å². The summed E-state index contributed by atoms with van der Waals surface area (Å²) < 4.78 is 15.0. The minimum atomic E-state index is -0.218. The molecule has 1 aromatic carbocycles. The van der Waals surface area contributed by atoms with Crippen LogP contribution in [0.15, 0.2) is 41.7 Å². The van der Waals surface area contributed by atoms with E-state index in [-0.39, 0.29) is 5.82 Å². The molecule has 0 aliphatic heterocycles. The molecule has 2 rings (SSSR count). The molecule has 0 fully saturated rings. The monoisotopic (exact) mass is 303 g/mol. The Morgan fingerprint density at radius 2 is 2.09 bits per heavy atom. The molecule has 118 valence electrons. The first-order valence-corrected chi connectivity index (χ1v) is 7.24. The summed E-state index contributed by atoms with van der Waals surface area (Å²) in [7, 11) is 3.72. The maximum atomic E-state index is 12.9. The van der Waals surface area contributed by atoms with Gasteiger partial charge in [-0.3, -0.25) is 4.99 Å². The van der Waals surface area contributed by atoms with Gasteiger partial charge >= 0.3 is 0 Å². The first-order chi connectivity index (χ1) is 10.6. The van der Waals surface area contributed by atoms with E-state index in [0.717, 1.165) is 30.4 Å². The van der Waals surface area contributed by atoms with Gasteiger partial charge in [-0.25, -0.2) is 9.37 Å². The van der Waals surface area contributed by atoms with Gasteiger partial charge in [0.1, 0.15) is 11.6 Å². The molecular weight excluding hydrogens is 281 g/mol. The number of imidazole rings is 1. The minimum Gasteiger partial charge on any atom is -0.354 e. The zero-order valence-corrected chi connectivity index (χ0v) is 13.3. The lowest BCUT2D eigenvalue weighted by atomic mass is 10.2. The number of halogens is 1.